The van der Waals surface area contributed by atoms with Gasteiger partial charge in [-0.3, -0.25) is 0 Å². The molecule has 3 heteroatoms. The van der Waals surface area contributed by atoms with Gasteiger partial charge in [-0.15, -0.1) is 0 Å². The van der Waals surface area contributed by atoms with E-state index in [0.717, 1.165) is 35.3 Å². The van der Waals surface area contributed by atoms with E-state index >= 15 is 0 Å². The first-order chi connectivity index (χ1) is 14.3. The van der Waals surface area contributed by atoms with E-state index in [-0.39, 0.29) is 11.7 Å². The van der Waals surface area contributed by atoms with E-state index in [4.69, 9.17) is 9.47 Å². The van der Waals surface area contributed by atoms with Crippen LogP contribution in [0.25, 0.3) is 0 Å². The van der Waals surface area contributed by atoms with Crippen LogP contribution in [0.3, 0.4) is 0 Å². The molecule has 3 nitrogen and oxygen atoms in total. The van der Waals surface area contributed by atoms with Gasteiger partial charge in [0.2, 0.25) is 0 Å². The fourth-order valence-corrected chi connectivity index (χ4v) is 4.47. The second-order valence-corrected chi connectivity index (χ2v) is 11.5. The summed E-state index contributed by atoms with van der Waals surface area (Å²) in [6.45, 7) is 18.3. The van der Waals surface area contributed by atoms with Crippen molar-refractivity contribution < 1.29 is 14.0 Å². The van der Waals surface area contributed by atoms with Crippen LogP contribution in [0.5, 0.6) is 5.75 Å². The first-order valence-electron chi connectivity index (χ1n) is 11.5. The number of ether oxygens (including phenoxy) is 2. The maximum atomic E-state index is 6.12. The molecule has 0 aliphatic heterocycles. The Morgan fingerprint density at radius 2 is 1.58 bits per heavy atom. The van der Waals surface area contributed by atoms with E-state index in [9.17, 15) is 0 Å². The van der Waals surface area contributed by atoms with Gasteiger partial charge in [-0.05, 0) is 48.3 Å². The number of nitrogens with zero attached hydrogens (tertiary/aromatic N) is 1. The highest BCUT2D eigenvalue weighted by molar-refractivity contribution is 5.39. The van der Waals surface area contributed by atoms with Crippen LogP contribution in [0.15, 0.2) is 48.5 Å². The summed E-state index contributed by atoms with van der Waals surface area (Å²) in [4.78, 5) is 0. The average Bonchev–Trinajstić information content (AvgIpc) is 2.61. The van der Waals surface area contributed by atoms with Gasteiger partial charge in [-0.2, -0.15) is 0 Å². The van der Waals surface area contributed by atoms with Crippen molar-refractivity contribution in [3.05, 3.63) is 65.2 Å². The molecule has 0 radical (unpaired) electrons. The van der Waals surface area contributed by atoms with Gasteiger partial charge < -0.3 is 14.0 Å². The molecule has 31 heavy (non-hydrogen) atoms. The summed E-state index contributed by atoms with van der Waals surface area (Å²) >= 11 is 0. The lowest BCUT2D eigenvalue weighted by atomic mass is 9.72. The van der Waals surface area contributed by atoms with Crippen LogP contribution in [0.2, 0.25) is 0 Å². The van der Waals surface area contributed by atoms with E-state index in [1.165, 1.54) is 11.1 Å². The smallest absolute Gasteiger partial charge is 0.197 e. The summed E-state index contributed by atoms with van der Waals surface area (Å²) in [7, 11) is 4.48. The van der Waals surface area contributed by atoms with Gasteiger partial charge in [-0.1, -0.05) is 77.1 Å². The van der Waals surface area contributed by atoms with Gasteiger partial charge in [0.05, 0.1) is 20.7 Å². The zero-order valence-electron chi connectivity index (χ0n) is 21.3. The van der Waals surface area contributed by atoms with Crippen molar-refractivity contribution in [1.29, 1.82) is 0 Å². The monoisotopic (exact) mass is 426 g/mol. The summed E-state index contributed by atoms with van der Waals surface area (Å²) in [5, 5.41) is 0. The number of likely N-dealkylation sites (N-methyl/N-ethyl adjacent to an activating group) is 1. The Morgan fingerprint density at radius 3 is 2.16 bits per heavy atom. The minimum atomic E-state index is -0.274. The lowest BCUT2D eigenvalue weighted by molar-refractivity contribution is -0.904. The number of benzene rings is 2. The molecule has 2 aromatic carbocycles. The molecule has 0 saturated heterocycles. The lowest BCUT2D eigenvalue weighted by Gasteiger charge is -2.33. The van der Waals surface area contributed by atoms with Crippen LogP contribution in [0, 0.1) is 12.3 Å². The number of hydrogen-bond donors (Lipinski definition) is 0. The van der Waals surface area contributed by atoms with Gasteiger partial charge in [0.1, 0.15) is 18.8 Å². The molecule has 0 aliphatic carbocycles. The van der Waals surface area contributed by atoms with Crippen LogP contribution in [-0.4, -0.2) is 38.0 Å². The highest BCUT2D eigenvalue weighted by Gasteiger charge is 2.27. The Balaban J connectivity index is 1.88. The number of rotatable bonds is 10. The highest BCUT2D eigenvalue weighted by Crippen LogP contribution is 2.37. The third kappa shape index (κ3) is 8.66. The first-order valence-corrected chi connectivity index (χ1v) is 11.5. The topological polar surface area (TPSA) is 18.5 Å². The molecule has 2 aromatic rings. The molecule has 0 fully saturated rings. The molecule has 0 spiro atoms. The van der Waals surface area contributed by atoms with Crippen LogP contribution in [0.1, 0.15) is 64.7 Å². The minimum Gasteiger partial charge on any atom is -0.465 e. The fraction of sp³-hybridized carbons (Fsp3) is 0.571. The fourth-order valence-electron chi connectivity index (χ4n) is 4.47. The Labute approximate surface area is 191 Å². The maximum absolute atomic E-state index is 6.12. The predicted molar refractivity (Wildman–Crippen MR) is 131 cm³/mol. The van der Waals surface area contributed by atoms with Crippen LogP contribution < -0.4 is 4.74 Å². The zero-order valence-corrected chi connectivity index (χ0v) is 21.3. The van der Waals surface area contributed by atoms with Crippen molar-refractivity contribution in [3.8, 4) is 5.75 Å². The van der Waals surface area contributed by atoms with E-state index in [2.05, 4.69) is 104 Å². The molecule has 0 N–H and O–H groups in total. The molecule has 0 aliphatic rings. The quantitative estimate of drug-likeness (QED) is 0.310. The highest BCUT2D eigenvalue weighted by atomic mass is 16.7. The van der Waals surface area contributed by atoms with Crippen molar-refractivity contribution >= 4 is 0 Å². The summed E-state index contributed by atoms with van der Waals surface area (Å²) in [6.07, 6.45) is 0.861. The van der Waals surface area contributed by atoms with Gasteiger partial charge in [0, 0.05) is 5.56 Å². The molecule has 0 saturated carbocycles. The Morgan fingerprint density at radius 1 is 0.935 bits per heavy atom. The Bertz CT molecular complexity index is 819. The largest absolute Gasteiger partial charge is 0.465 e. The van der Waals surface area contributed by atoms with Crippen molar-refractivity contribution in [2.24, 2.45) is 5.41 Å². The maximum Gasteiger partial charge on any atom is 0.197 e. The SMILES string of the molecule is Cc1cc(C(C)(C)CC(C)(C)C)ccc1OC(C)OCC[N+](C)(C)Cc1ccccc1. The normalized spacial score (nSPS) is 13.8. The Kier molecular flexibility index (Phi) is 8.35. The molecule has 0 heterocycles. The van der Waals surface area contributed by atoms with E-state index in [1.807, 2.05) is 6.92 Å². The molecule has 1 atom stereocenters. The lowest BCUT2D eigenvalue weighted by Crippen LogP contribution is -2.42. The van der Waals surface area contributed by atoms with E-state index < -0.39 is 0 Å². The third-order valence-corrected chi connectivity index (χ3v) is 5.72. The molecule has 0 aromatic heterocycles. The van der Waals surface area contributed by atoms with Crippen molar-refractivity contribution in [1.82, 2.24) is 0 Å². The summed E-state index contributed by atoms with van der Waals surface area (Å²) in [5.41, 5.74) is 4.30. The summed E-state index contributed by atoms with van der Waals surface area (Å²) in [5.74, 6) is 0.904. The second-order valence-electron chi connectivity index (χ2n) is 11.5. The number of hydrogen-bond acceptors (Lipinski definition) is 2. The van der Waals surface area contributed by atoms with E-state index in [0.29, 0.717) is 12.0 Å². The van der Waals surface area contributed by atoms with Crippen LogP contribution in [0.4, 0.5) is 0 Å². The number of aryl methyl sites for hydroxylation is 1. The second kappa shape index (κ2) is 10.2. The van der Waals surface area contributed by atoms with Gasteiger partial charge in [0.15, 0.2) is 6.29 Å². The summed E-state index contributed by atoms with van der Waals surface area (Å²) in [6, 6.07) is 17.2. The van der Waals surface area contributed by atoms with Gasteiger partial charge in [-0.25, -0.2) is 0 Å². The predicted octanol–water partition coefficient (Wildman–Crippen LogP) is 6.73. The first kappa shape index (κ1) is 25.4. The molecule has 172 valence electrons. The van der Waals surface area contributed by atoms with Crippen molar-refractivity contribution in [2.45, 2.75) is 73.1 Å². The molecule has 0 amide bonds. The molecule has 0 bridgehead atoms. The number of quaternary nitrogens is 1. The van der Waals surface area contributed by atoms with Crippen molar-refractivity contribution in [2.75, 3.05) is 27.2 Å². The van der Waals surface area contributed by atoms with Gasteiger partial charge in [0.25, 0.3) is 0 Å². The Hall–Kier alpha value is -1.84. The van der Waals surface area contributed by atoms with Gasteiger partial charge >= 0.3 is 0 Å². The molecule has 1 unspecified atom stereocenters. The standard InChI is InChI=1S/C28H44NO2/c1-22-19-25(28(6,7)21-27(3,4)5)15-16-26(22)31-23(2)30-18-17-29(8,9)20-24-13-11-10-12-14-24/h10-16,19,23H,17-18,20-21H2,1-9H3/q+1. The molecular weight excluding hydrogens is 382 g/mol. The molecular formula is C28H44NO2+. The third-order valence-electron chi connectivity index (χ3n) is 5.72. The van der Waals surface area contributed by atoms with E-state index in [1.54, 1.807) is 0 Å². The van der Waals surface area contributed by atoms with Crippen LogP contribution in [-0.2, 0) is 16.7 Å². The van der Waals surface area contributed by atoms with Crippen molar-refractivity contribution in [3.63, 3.8) is 0 Å². The summed E-state index contributed by atoms with van der Waals surface area (Å²) < 4.78 is 13.0. The minimum absolute atomic E-state index is 0.131. The van der Waals surface area contributed by atoms with Crippen LogP contribution >= 0.6 is 0 Å². The average molecular weight is 427 g/mol. The molecule has 2 rings (SSSR count). The zero-order chi connectivity index (χ0) is 23.3.